The zero-order valence-corrected chi connectivity index (χ0v) is 19.1. The van der Waals surface area contributed by atoms with E-state index in [-0.39, 0.29) is 31.0 Å². The van der Waals surface area contributed by atoms with E-state index in [2.05, 4.69) is 20.4 Å². The fraction of sp³-hybridized carbons (Fsp3) is 0.429. The third kappa shape index (κ3) is 5.48. The fourth-order valence-electron chi connectivity index (χ4n) is 3.61. The minimum absolute atomic E-state index is 0.0100. The molecule has 2 heterocycles. The smallest absolute Gasteiger partial charge is 0.449 e. The van der Waals surface area contributed by atoms with Gasteiger partial charge < -0.3 is 26.2 Å². The predicted molar refractivity (Wildman–Crippen MR) is 118 cm³/mol. The number of nitrogens with two attached hydrogens (primary N) is 1. The number of amides is 3. The third-order valence-corrected chi connectivity index (χ3v) is 5.11. The lowest BCUT2D eigenvalue weighted by Crippen LogP contribution is -2.57. The molecule has 2 unspecified atom stereocenters. The highest BCUT2D eigenvalue weighted by Gasteiger charge is 2.44. The molecule has 14 heteroatoms. The van der Waals surface area contributed by atoms with E-state index in [0.29, 0.717) is 0 Å². The molecule has 2 aliphatic heterocycles. The number of hydrogen-bond donors (Lipinski definition) is 4. The molecular formula is C21H25F3N6O5. The number of aliphatic imine (C=N–C) groups is 1. The van der Waals surface area contributed by atoms with Crippen molar-refractivity contribution < 1.29 is 37.4 Å². The second-order valence-electron chi connectivity index (χ2n) is 8.41. The lowest BCUT2D eigenvalue weighted by atomic mass is 10.0. The molecule has 0 aliphatic carbocycles. The fourth-order valence-corrected chi connectivity index (χ4v) is 3.61. The first-order chi connectivity index (χ1) is 16.3. The van der Waals surface area contributed by atoms with Gasteiger partial charge in [-0.25, -0.2) is 14.6 Å². The maximum atomic E-state index is 14.2. The van der Waals surface area contributed by atoms with Gasteiger partial charge in [0.2, 0.25) is 5.96 Å². The third-order valence-electron chi connectivity index (χ3n) is 5.11. The summed E-state index contributed by atoms with van der Waals surface area (Å²) in [6, 6.07) is 1.97. The summed E-state index contributed by atoms with van der Waals surface area (Å²) >= 11 is 0. The van der Waals surface area contributed by atoms with Crippen LogP contribution in [0, 0.1) is 5.92 Å². The SMILES string of the molecule is CC(C)CNC(=O)c1cccc(C(F)(F)F)c1N1C(N2CC(C)NC2=O)=NC=C(OC(=O)O)C1N. The van der Waals surface area contributed by atoms with Gasteiger partial charge in [-0.15, -0.1) is 0 Å². The van der Waals surface area contributed by atoms with Crippen LogP contribution in [0.2, 0.25) is 0 Å². The second kappa shape index (κ2) is 9.82. The highest BCUT2D eigenvalue weighted by molar-refractivity contribution is 6.11. The first kappa shape index (κ1) is 25.8. The zero-order valence-electron chi connectivity index (χ0n) is 19.1. The van der Waals surface area contributed by atoms with Crippen LogP contribution >= 0.6 is 0 Å². The van der Waals surface area contributed by atoms with Crippen molar-refractivity contribution in [2.75, 3.05) is 18.0 Å². The van der Waals surface area contributed by atoms with Crippen molar-refractivity contribution in [3.05, 3.63) is 41.3 Å². The van der Waals surface area contributed by atoms with Crippen molar-refractivity contribution in [3.63, 3.8) is 0 Å². The molecule has 3 rings (SSSR count). The molecule has 1 fully saturated rings. The minimum Gasteiger partial charge on any atom is -0.449 e. The lowest BCUT2D eigenvalue weighted by molar-refractivity contribution is -0.137. The van der Waals surface area contributed by atoms with Gasteiger partial charge in [-0.05, 0) is 25.0 Å². The topological polar surface area (TPSA) is 150 Å². The number of benzene rings is 1. The Morgan fingerprint density at radius 1 is 1.37 bits per heavy atom. The van der Waals surface area contributed by atoms with Crippen molar-refractivity contribution in [2.45, 2.75) is 39.2 Å². The van der Waals surface area contributed by atoms with Crippen molar-refractivity contribution in [3.8, 4) is 0 Å². The largest absolute Gasteiger partial charge is 0.511 e. The number of carboxylic acid groups (broad SMARTS) is 1. The Kier molecular flexibility index (Phi) is 7.24. The molecule has 0 spiro atoms. The average molecular weight is 498 g/mol. The van der Waals surface area contributed by atoms with Crippen molar-refractivity contribution in [1.29, 1.82) is 0 Å². The molecule has 2 atom stereocenters. The van der Waals surface area contributed by atoms with Crippen LogP contribution < -0.4 is 21.3 Å². The molecule has 0 saturated carbocycles. The van der Waals surface area contributed by atoms with Gasteiger partial charge in [0.25, 0.3) is 5.91 Å². The van der Waals surface area contributed by atoms with E-state index in [0.717, 1.165) is 28.1 Å². The van der Waals surface area contributed by atoms with Crippen molar-refractivity contribution >= 4 is 29.7 Å². The highest BCUT2D eigenvalue weighted by atomic mass is 19.4. The first-order valence-corrected chi connectivity index (χ1v) is 10.6. The van der Waals surface area contributed by atoms with Gasteiger partial charge in [0.15, 0.2) is 5.76 Å². The quantitative estimate of drug-likeness (QED) is 0.456. The molecule has 190 valence electrons. The number of para-hydroxylation sites is 1. The molecule has 0 radical (unpaired) electrons. The van der Waals surface area contributed by atoms with Gasteiger partial charge in [-0.2, -0.15) is 13.2 Å². The number of nitrogens with zero attached hydrogens (tertiary/aromatic N) is 3. The molecule has 0 aromatic heterocycles. The van der Waals surface area contributed by atoms with Gasteiger partial charge in [0.1, 0.15) is 6.17 Å². The number of urea groups is 1. The molecule has 1 aromatic carbocycles. The molecule has 5 N–H and O–H groups in total. The van der Waals surface area contributed by atoms with Crippen LogP contribution in [-0.4, -0.2) is 59.4 Å². The summed E-state index contributed by atoms with van der Waals surface area (Å²) < 4.78 is 47.1. The normalized spacial score (nSPS) is 20.4. The van der Waals surface area contributed by atoms with Crippen LogP contribution in [0.4, 0.5) is 28.4 Å². The Balaban J connectivity index is 2.24. The molecule has 35 heavy (non-hydrogen) atoms. The van der Waals surface area contributed by atoms with Crippen LogP contribution in [0.3, 0.4) is 0 Å². The maximum absolute atomic E-state index is 14.2. The van der Waals surface area contributed by atoms with Crippen LogP contribution in [0.5, 0.6) is 0 Å². The highest BCUT2D eigenvalue weighted by Crippen LogP contribution is 2.41. The number of rotatable bonds is 5. The Labute approximate surface area is 198 Å². The van der Waals surface area contributed by atoms with E-state index in [4.69, 9.17) is 10.8 Å². The molecule has 11 nitrogen and oxygen atoms in total. The molecule has 1 saturated heterocycles. The molecule has 0 bridgehead atoms. The van der Waals surface area contributed by atoms with E-state index < -0.39 is 53.0 Å². The van der Waals surface area contributed by atoms with Crippen LogP contribution in [0.1, 0.15) is 36.7 Å². The Hall–Kier alpha value is -3.81. The summed E-state index contributed by atoms with van der Waals surface area (Å²) in [6.45, 7) is 5.51. The maximum Gasteiger partial charge on any atom is 0.511 e. The van der Waals surface area contributed by atoms with Gasteiger partial charge in [-0.1, -0.05) is 19.9 Å². The average Bonchev–Trinajstić information content (AvgIpc) is 3.09. The van der Waals surface area contributed by atoms with Crippen molar-refractivity contribution in [2.24, 2.45) is 16.6 Å². The standard InChI is InChI=1S/C21H25F3N6O5/c1-10(2)7-26-17(31)12-5-4-6-13(21(22,23)24)15(12)30-16(25)14(35-20(33)34)8-27-18(30)29-9-11(3)28-19(29)32/h4-6,8,10-11,16H,7,9,25H2,1-3H3,(H,26,31)(H,28,32)(H,33,34). The Morgan fingerprint density at radius 3 is 2.60 bits per heavy atom. The minimum atomic E-state index is -4.94. The summed E-state index contributed by atoms with van der Waals surface area (Å²) in [5, 5.41) is 14.2. The van der Waals surface area contributed by atoms with Crippen LogP contribution in [-0.2, 0) is 10.9 Å². The number of anilines is 1. The number of ether oxygens (including phenoxy) is 1. The number of nitrogens with one attached hydrogen (secondary N) is 2. The van der Waals surface area contributed by atoms with E-state index in [1.807, 2.05) is 13.8 Å². The molecule has 1 aromatic rings. The van der Waals surface area contributed by atoms with E-state index in [1.54, 1.807) is 6.92 Å². The van der Waals surface area contributed by atoms with E-state index in [9.17, 15) is 27.6 Å². The lowest BCUT2D eigenvalue weighted by Gasteiger charge is -2.38. The summed E-state index contributed by atoms with van der Waals surface area (Å²) in [4.78, 5) is 42.5. The Bertz CT molecular complexity index is 1090. The number of carbonyl (C=O) groups is 3. The van der Waals surface area contributed by atoms with E-state index in [1.165, 1.54) is 6.07 Å². The number of guanidine groups is 1. The Morgan fingerprint density at radius 2 is 2.06 bits per heavy atom. The summed E-state index contributed by atoms with van der Waals surface area (Å²) in [7, 11) is 0. The van der Waals surface area contributed by atoms with Gasteiger partial charge in [0.05, 0.1) is 29.6 Å². The zero-order chi connectivity index (χ0) is 26.1. The van der Waals surface area contributed by atoms with Gasteiger partial charge in [0, 0.05) is 12.6 Å². The van der Waals surface area contributed by atoms with Crippen molar-refractivity contribution in [1.82, 2.24) is 15.5 Å². The van der Waals surface area contributed by atoms with Gasteiger partial charge in [-0.3, -0.25) is 14.6 Å². The summed E-state index contributed by atoms with van der Waals surface area (Å²) in [5.41, 5.74) is 3.85. The monoisotopic (exact) mass is 498 g/mol. The molecule has 3 amide bonds. The number of hydrogen-bond acceptors (Lipinski definition) is 7. The summed E-state index contributed by atoms with van der Waals surface area (Å²) in [6.07, 6.45) is -7.46. The molecular weight excluding hydrogens is 473 g/mol. The number of halogens is 3. The molecule has 2 aliphatic rings. The predicted octanol–water partition coefficient (Wildman–Crippen LogP) is 2.50. The summed E-state index contributed by atoms with van der Waals surface area (Å²) in [5.74, 6) is -1.64. The van der Waals surface area contributed by atoms with Gasteiger partial charge >= 0.3 is 18.4 Å². The second-order valence-corrected chi connectivity index (χ2v) is 8.41. The van der Waals surface area contributed by atoms with Crippen LogP contribution in [0.15, 0.2) is 35.2 Å². The number of alkyl halides is 3. The number of carbonyl (C=O) groups excluding carboxylic acids is 2. The first-order valence-electron chi connectivity index (χ1n) is 10.6. The van der Waals surface area contributed by atoms with Crippen LogP contribution in [0.25, 0.3) is 0 Å². The van der Waals surface area contributed by atoms with E-state index >= 15 is 0 Å².